The highest BCUT2D eigenvalue weighted by Crippen LogP contribution is 2.17. The van der Waals surface area contributed by atoms with E-state index >= 15 is 0 Å². The first-order valence-electron chi connectivity index (χ1n) is 7.57. The van der Waals surface area contributed by atoms with Gasteiger partial charge in [0, 0.05) is 25.4 Å². The Labute approximate surface area is 124 Å². The number of rotatable bonds is 3. The van der Waals surface area contributed by atoms with E-state index in [9.17, 15) is 4.79 Å². The molecular formula is C16H22N4O. The molecular weight excluding hydrogens is 264 g/mol. The maximum Gasteiger partial charge on any atom is 0.258 e. The Morgan fingerprint density at radius 2 is 2.29 bits per heavy atom. The van der Waals surface area contributed by atoms with E-state index in [1.165, 1.54) is 12.8 Å². The number of aryl methyl sites for hydroxylation is 1. The van der Waals surface area contributed by atoms with Crippen LogP contribution in [-0.2, 0) is 6.54 Å². The number of piperidine rings is 1. The van der Waals surface area contributed by atoms with E-state index in [1.54, 1.807) is 16.7 Å². The number of aromatic nitrogens is 2. The van der Waals surface area contributed by atoms with Gasteiger partial charge in [-0.3, -0.25) is 14.1 Å². The Morgan fingerprint density at radius 3 is 3.10 bits per heavy atom. The van der Waals surface area contributed by atoms with Crippen molar-refractivity contribution in [2.45, 2.75) is 26.3 Å². The second-order valence-electron chi connectivity index (χ2n) is 6.00. The summed E-state index contributed by atoms with van der Waals surface area (Å²) in [5.41, 5.74) is 8.46. The molecule has 112 valence electrons. The van der Waals surface area contributed by atoms with Gasteiger partial charge in [0.2, 0.25) is 0 Å². The van der Waals surface area contributed by atoms with Gasteiger partial charge in [-0.2, -0.15) is 0 Å². The maximum atomic E-state index is 12.2. The van der Waals surface area contributed by atoms with Crippen molar-refractivity contribution in [3.05, 3.63) is 46.0 Å². The van der Waals surface area contributed by atoms with E-state index < -0.39 is 0 Å². The summed E-state index contributed by atoms with van der Waals surface area (Å²) in [4.78, 5) is 19.1. The molecule has 0 spiro atoms. The molecule has 0 radical (unpaired) electrons. The molecule has 2 N–H and O–H groups in total. The van der Waals surface area contributed by atoms with Crippen LogP contribution < -0.4 is 11.3 Å². The number of likely N-dealkylation sites (tertiary alicyclic amines) is 1. The van der Waals surface area contributed by atoms with Crippen LogP contribution in [-0.4, -0.2) is 33.9 Å². The predicted octanol–water partition coefficient (Wildman–Crippen LogP) is 1.17. The molecule has 5 nitrogen and oxygen atoms in total. The molecule has 0 aromatic carbocycles. The van der Waals surface area contributed by atoms with E-state index in [-0.39, 0.29) is 5.56 Å². The van der Waals surface area contributed by atoms with Gasteiger partial charge in [-0.15, -0.1) is 0 Å². The molecule has 0 bridgehead atoms. The Morgan fingerprint density at radius 1 is 1.43 bits per heavy atom. The Bertz CT molecular complexity index is 694. The lowest BCUT2D eigenvalue weighted by molar-refractivity contribution is 0.169. The van der Waals surface area contributed by atoms with Gasteiger partial charge in [0.25, 0.3) is 5.56 Å². The number of hydrogen-bond acceptors (Lipinski definition) is 4. The zero-order valence-corrected chi connectivity index (χ0v) is 12.5. The van der Waals surface area contributed by atoms with Gasteiger partial charge in [0.1, 0.15) is 5.65 Å². The normalized spacial score (nSPS) is 20.0. The first-order chi connectivity index (χ1) is 10.2. The third-order valence-electron chi connectivity index (χ3n) is 4.20. The molecule has 3 rings (SSSR count). The van der Waals surface area contributed by atoms with Crippen LogP contribution in [0.4, 0.5) is 0 Å². The van der Waals surface area contributed by atoms with Crippen molar-refractivity contribution in [1.82, 2.24) is 14.3 Å². The Hall–Kier alpha value is -1.72. The molecule has 0 amide bonds. The van der Waals surface area contributed by atoms with Crippen molar-refractivity contribution in [2.75, 3.05) is 19.6 Å². The lowest BCUT2D eigenvalue weighted by Gasteiger charge is -2.31. The van der Waals surface area contributed by atoms with E-state index in [4.69, 9.17) is 5.73 Å². The molecule has 1 aliphatic heterocycles. The minimum absolute atomic E-state index is 0.0117. The topological polar surface area (TPSA) is 63.6 Å². The monoisotopic (exact) mass is 286 g/mol. The van der Waals surface area contributed by atoms with Crippen LogP contribution in [0.1, 0.15) is 24.1 Å². The number of hydrogen-bond donors (Lipinski definition) is 1. The van der Waals surface area contributed by atoms with E-state index in [2.05, 4.69) is 9.88 Å². The molecule has 1 aliphatic rings. The summed E-state index contributed by atoms with van der Waals surface area (Å²) < 4.78 is 1.59. The van der Waals surface area contributed by atoms with Crippen molar-refractivity contribution in [3.8, 4) is 0 Å². The highest BCUT2D eigenvalue weighted by molar-refractivity contribution is 5.41. The molecule has 3 heterocycles. The minimum atomic E-state index is -0.0117. The van der Waals surface area contributed by atoms with Crippen molar-refractivity contribution in [3.63, 3.8) is 0 Å². The van der Waals surface area contributed by atoms with Crippen LogP contribution in [0.25, 0.3) is 5.65 Å². The third-order valence-corrected chi connectivity index (χ3v) is 4.20. The van der Waals surface area contributed by atoms with Gasteiger partial charge in [-0.05, 0) is 56.5 Å². The minimum Gasteiger partial charge on any atom is -0.330 e. The van der Waals surface area contributed by atoms with E-state index in [0.29, 0.717) is 5.92 Å². The van der Waals surface area contributed by atoms with Gasteiger partial charge in [0.05, 0.1) is 5.69 Å². The lowest BCUT2D eigenvalue weighted by Crippen LogP contribution is -2.38. The third kappa shape index (κ3) is 3.14. The average molecular weight is 286 g/mol. The number of fused-ring (bicyclic) bond motifs is 1. The van der Waals surface area contributed by atoms with E-state index in [0.717, 1.165) is 43.1 Å². The fraction of sp³-hybridized carbons (Fsp3) is 0.500. The molecule has 0 saturated carbocycles. The van der Waals surface area contributed by atoms with Gasteiger partial charge in [-0.1, -0.05) is 0 Å². The molecule has 2 aromatic rings. The smallest absolute Gasteiger partial charge is 0.258 e. The van der Waals surface area contributed by atoms with Gasteiger partial charge in [0.15, 0.2) is 0 Å². The first kappa shape index (κ1) is 14.2. The first-order valence-corrected chi connectivity index (χ1v) is 7.57. The van der Waals surface area contributed by atoms with Crippen LogP contribution in [0.2, 0.25) is 0 Å². The van der Waals surface area contributed by atoms with Gasteiger partial charge >= 0.3 is 0 Å². The number of nitrogens with zero attached hydrogens (tertiary/aromatic N) is 3. The Balaban J connectivity index is 1.85. The van der Waals surface area contributed by atoms with Gasteiger partial charge < -0.3 is 5.73 Å². The molecule has 21 heavy (non-hydrogen) atoms. The summed E-state index contributed by atoms with van der Waals surface area (Å²) in [6, 6.07) is 5.52. The SMILES string of the molecule is Cc1ccn2c(=O)cc(CN3CCCC(CN)C3)nc2c1. The molecule has 2 aromatic heterocycles. The van der Waals surface area contributed by atoms with Crippen molar-refractivity contribution < 1.29 is 0 Å². The van der Waals surface area contributed by atoms with Crippen molar-refractivity contribution in [2.24, 2.45) is 11.7 Å². The highest BCUT2D eigenvalue weighted by atomic mass is 16.1. The zero-order valence-electron chi connectivity index (χ0n) is 12.5. The fourth-order valence-corrected chi connectivity index (χ4v) is 3.05. The second kappa shape index (κ2) is 5.95. The summed E-state index contributed by atoms with van der Waals surface area (Å²) >= 11 is 0. The van der Waals surface area contributed by atoms with Crippen molar-refractivity contribution in [1.29, 1.82) is 0 Å². The molecule has 0 aliphatic carbocycles. The molecule has 1 saturated heterocycles. The largest absolute Gasteiger partial charge is 0.330 e. The summed E-state index contributed by atoms with van der Waals surface area (Å²) in [6.07, 6.45) is 4.17. The Kier molecular flexibility index (Phi) is 4.03. The highest BCUT2D eigenvalue weighted by Gasteiger charge is 2.19. The summed E-state index contributed by atoms with van der Waals surface area (Å²) in [5.74, 6) is 0.572. The lowest BCUT2D eigenvalue weighted by atomic mass is 9.98. The van der Waals surface area contributed by atoms with Crippen LogP contribution in [0, 0.1) is 12.8 Å². The summed E-state index contributed by atoms with van der Waals surface area (Å²) in [5, 5.41) is 0. The van der Waals surface area contributed by atoms with Crippen molar-refractivity contribution >= 4 is 5.65 Å². The second-order valence-corrected chi connectivity index (χ2v) is 6.00. The quantitative estimate of drug-likeness (QED) is 0.920. The summed E-state index contributed by atoms with van der Waals surface area (Å²) in [7, 11) is 0. The average Bonchev–Trinajstić information content (AvgIpc) is 2.47. The predicted molar refractivity (Wildman–Crippen MR) is 83.3 cm³/mol. The molecule has 1 fully saturated rings. The van der Waals surface area contributed by atoms with Crippen LogP contribution in [0.3, 0.4) is 0 Å². The zero-order chi connectivity index (χ0) is 14.8. The fourth-order valence-electron chi connectivity index (χ4n) is 3.05. The standard InChI is InChI=1S/C16H22N4O/c1-12-4-6-20-15(7-12)18-14(8-16(20)21)11-19-5-2-3-13(9-17)10-19/h4,6-8,13H,2-3,5,9-11,17H2,1H3. The van der Waals surface area contributed by atoms with Crippen LogP contribution in [0.15, 0.2) is 29.2 Å². The van der Waals surface area contributed by atoms with E-state index in [1.807, 2.05) is 19.1 Å². The van der Waals surface area contributed by atoms with Crippen LogP contribution in [0.5, 0.6) is 0 Å². The maximum absolute atomic E-state index is 12.2. The molecule has 5 heteroatoms. The molecule has 1 atom stereocenters. The number of nitrogens with two attached hydrogens (primary N) is 1. The number of pyridine rings is 1. The molecule has 1 unspecified atom stereocenters. The summed E-state index contributed by atoms with van der Waals surface area (Å²) in [6.45, 7) is 5.55. The van der Waals surface area contributed by atoms with Crippen LogP contribution >= 0.6 is 0 Å². The van der Waals surface area contributed by atoms with Gasteiger partial charge in [-0.25, -0.2) is 4.98 Å².